The van der Waals surface area contributed by atoms with E-state index in [9.17, 15) is 0 Å². The van der Waals surface area contributed by atoms with Crippen molar-refractivity contribution in [2.24, 2.45) is 0 Å². The first-order valence-corrected chi connectivity index (χ1v) is 5.19. The van der Waals surface area contributed by atoms with Crippen molar-refractivity contribution in [3.63, 3.8) is 0 Å². The lowest BCUT2D eigenvalue weighted by Gasteiger charge is -2.15. The lowest BCUT2D eigenvalue weighted by Crippen LogP contribution is -2.12. The van der Waals surface area contributed by atoms with Gasteiger partial charge in [-0.05, 0) is 13.0 Å². The number of rotatable bonds is 5. The number of nitrogens with one attached hydrogen (secondary N) is 1. The van der Waals surface area contributed by atoms with Crippen LogP contribution in [0.25, 0.3) is 0 Å². The van der Waals surface area contributed by atoms with E-state index in [0.29, 0.717) is 17.3 Å². The lowest BCUT2D eigenvalue weighted by atomic mass is 10.1. The van der Waals surface area contributed by atoms with Crippen molar-refractivity contribution in [1.82, 2.24) is 5.48 Å². The van der Waals surface area contributed by atoms with E-state index in [1.54, 1.807) is 21.3 Å². The van der Waals surface area contributed by atoms with E-state index < -0.39 is 0 Å². The average molecular weight is 246 g/mol. The Morgan fingerprint density at radius 3 is 2.44 bits per heavy atom. The second-order valence-corrected chi connectivity index (χ2v) is 3.61. The molecule has 0 aromatic heterocycles. The van der Waals surface area contributed by atoms with Gasteiger partial charge in [-0.25, -0.2) is 0 Å². The van der Waals surface area contributed by atoms with Gasteiger partial charge in [0.1, 0.15) is 11.5 Å². The van der Waals surface area contributed by atoms with Crippen molar-refractivity contribution < 1.29 is 14.3 Å². The van der Waals surface area contributed by atoms with E-state index >= 15 is 0 Å². The van der Waals surface area contributed by atoms with Crippen LogP contribution in [0.2, 0.25) is 5.02 Å². The molecule has 4 nitrogen and oxygen atoms in total. The van der Waals surface area contributed by atoms with Gasteiger partial charge in [0, 0.05) is 17.7 Å². The second-order valence-electron chi connectivity index (χ2n) is 3.24. The van der Waals surface area contributed by atoms with Crippen molar-refractivity contribution in [3.05, 3.63) is 22.2 Å². The Kier molecular flexibility index (Phi) is 4.86. The zero-order valence-corrected chi connectivity index (χ0v) is 10.6. The fraction of sp³-hybridized carbons (Fsp3) is 0.455. The quantitative estimate of drug-likeness (QED) is 0.809. The van der Waals surface area contributed by atoms with Crippen LogP contribution in [0.5, 0.6) is 11.5 Å². The molecule has 0 fully saturated rings. The minimum absolute atomic E-state index is 0.496. The Morgan fingerprint density at radius 1 is 1.25 bits per heavy atom. The van der Waals surface area contributed by atoms with Gasteiger partial charge in [-0.1, -0.05) is 11.6 Å². The molecule has 1 rings (SSSR count). The molecule has 0 saturated carbocycles. The van der Waals surface area contributed by atoms with Gasteiger partial charge in [0.25, 0.3) is 0 Å². The van der Waals surface area contributed by atoms with Gasteiger partial charge in [-0.3, -0.25) is 0 Å². The van der Waals surface area contributed by atoms with Crippen LogP contribution in [0.3, 0.4) is 0 Å². The summed E-state index contributed by atoms with van der Waals surface area (Å²) >= 11 is 6.19. The topological polar surface area (TPSA) is 39.7 Å². The fourth-order valence-corrected chi connectivity index (χ4v) is 1.76. The number of hydrogen-bond donors (Lipinski definition) is 1. The molecule has 0 unspecified atom stereocenters. The van der Waals surface area contributed by atoms with Gasteiger partial charge in [-0.15, -0.1) is 0 Å². The van der Waals surface area contributed by atoms with Crippen molar-refractivity contribution >= 4 is 11.6 Å². The van der Waals surface area contributed by atoms with E-state index in [-0.39, 0.29) is 0 Å². The van der Waals surface area contributed by atoms with Gasteiger partial charge in [0.2, 0.25) is 0 Å². The first-order chi connectivity index (χ1) is 7.65. The molecule has 0 bridgehead atoms. The molecule has 0 radical (unpaired) electrons. The summed E-state index contributed by atoms with van der Waals surface area (Å²) in [6.07, 6.45) is 0. The van der Waals surface area contributed by atoms with Crippen molar-refractivity contribution in [2.75, 3.05) is 21.3 Å². The summed E-state index contributed by atoms with van der Waals surface area (Å²) in [7, 11) is 4.75. The zero-order valence-electron chi connectivity index (χ0n) is 9.89. The van der Waals surface area contributed by atoms with Crippen LogP contribution in [-0.4, -0.2) is 21.3 Å². The molecule has 90 valence electrons. The van der Waals surface area contributed by atoms with Crippen molar-refractivity contribution in [2.45, 2.75) is 13.5 Å². The number of benzene rings is 1. The highest BCUT2D eigenvalue weighted by Crippen LogP contribution is 2.37. The first kappa shape index (κ1) is 13.1. The summed E-state index contributed by atoms with van der Waals surface area (Å²) in [4.78, 5) is 4.80. The monoisotopic (exact) mass is 245 g/mol. The highest BCUT2D eigenvalue weighted by molar-refractivity contribution is 6.33. The van der Waals surface area contributed by atoms with Crippen LogP contribution in [0, 0.1) is 6.92 Å². The molecular weight excluding hydrogens is 230 g/mol. The summed E-state index contributed by atoms with van der Waals surface area (Å²) in [5.41, 5.74) is 4.49. The molecule has 0 spiro atoms. The molecule has 1 N–H and O–H groups in total. The Hall–Kier alpha value is -0.970. The molecule has 0 saturated heterocycles. The van der Waals surface area contributed by atoms with E-state index in [1.165, 1.54) is 0 Å². The summed E-state index contributed by atoms with van der Waals surface area (Å²) < 4.78 is 10.5. The summed E-state index contributed by atoms with van der Waals surface area (Å²) in [5, 5.41) is 0.565. The third-order valence-electron chi connectivity index (χ3n) is 2.33. The maximum atomic E-state index is 6.19. The Balaban J connectivity index is 3.18. The third kappa shape index (κ3) is 2.58. The number of hydrogen-bond acceptors (Lipinski definition) is 4. The predicted octanol–water partition coefficient (Wildman–Crippen LogP) is 2.32. The number of halogens is 1. The molecule has 5 heteroatoms. The molecule has 0 aliphatic rings. The Morgan fingerprint density at radius 2 is 1.94 bits per heavy atom. The molecule has 1 aromatic rings. The third-order valence-corrected chi connectivity index (χ3v) is 2.78. The summed E-state index contributed by atoms with van der Waals surface area (Å²) in [5.74, 6) is 1.38. The highest BCUT2D eigenvalue weighted by atomic mass is 35.5. The smallest absolute Gasteiger partial charge is 0.142 e. The van der Waals surface area contributed by atoms with E-state index in [0.717, 1.165) is 16.9 Å². The van der Waals surface area contributed by atoms with Gasteiger partial charge >= 0.3 is 0 Å². The summed E-state index contributed by atoms with van der Waals surface area (Å²) in [6.45, 7) is 2.38. The molecule has 16 heavy (non-hydrogen) atoms. The average Bonchev–Trinajstić information content (AvgIpc) is 2.30. The molecule has 0 aliphatic heterocycles. The van der Waals surface area contributed by atoms with Gasteiger partial charge in [0.05, 0.1) is 26.4 Å². The summed E-state index contributed by atoms with van der Waals surface area (Å²) in [6, 6.07) is 1.88. The zero-order chi connectivity index (χ0) is 12.1. The lowest BCUT2D eigenvalue weighted by molar-refractivity contribution is 0.0861. The fourth-order valence-electron chi connectivity index (χ4n) is 1.47. The number of ether oxygens (including phenoxy) is 2. The van der Waals surface area contributed by atoms with Crippen LogP contribution in [0.1, 0.15) is 11.1 Å². The molecule has 0 aliphatic carbocycles. The van der Waals surface area contributed by atoms with Gasteiger partial charge < -0.3 is 14.3 Å². The van der Waals surface area contributed by atoms with Crippen LogP contribution in [0.4, 0.5) is 0 Å². The van der Waals surface area contributed by atoms with Gasteiger partial charge in [0.15, 0.2) is 0 Å². The minimum Gasteiger partial charge on any atom is -0.496 e. The number of hydroxylamine groups is 1. The largest absolute Gasteiger partial charge is 0.496 e. The standard InChI is InChI=1S/C11H16ClNO3/c1-7-9(14-2)5-8(6-13-16-4)11(15-3)10(7)12/h5,13H,6H2,1-4H3. The van der Waals surface area contributed by atoms with Crippen LogP contribution < -0.4 is 15.0 Å². The SMILES string of the molecule is CONCc1cc(OC)c(C)c(Cl)c1OC. The Labute approximate surface area is 100 Å². The van der Waals surface area contributed by atoms with Crippen LogP contribution >= 0.6 is 11.6 Å². The molecular formula is C11H16ClNO3. The second kappa shape index (κ2) is 5.94. The van der Waals surface area contributed by atoms with Crippen LogP contribution in [0.15, 0.2) is 6.07 Å². The van der Waals surface area contributed by atoms with Gasteiger partial charge in [-0.2, -0.15) is 5.48 Å². The number of methoxy groups -OCH3 is 2. The van der Waals surface area contributed by atoms with Crippen molar-refractivity contribution in [1.29, 1.82) is 0 Å². The molecule has 0 atom stereocenters. The van der Waals surface area contributed by atoms with E-state index in [4.69, 9.17) is 25.9 Å². The normalized spacial score (nSPS) is 10.3. The maximum absolute atomic E-state index is 6.19. The van der Waals surface area contributed by atoms with Crippen LogP contribution in [-0.2, 0) is 11.4 Å². The molecule has 0 amide bonds. The Bertz CT molecular complexity index is 369. The minimum atomic E-state index is 0.496. The first-order valence-electron chi connectivity index (χ1n) is 4.81. The van der Waals surface area contributed by atoms with E-state index in [1.807, 2.05) is 13.0 Å². The predicted molar refractivity (Wildman–Crippen MR) is 63.1 cm³/mol. The molecule has 1 aromatic carbocycles. The van der Waals surface area contributed by atoms with Crippen molar-refractivity contribution in [3.8, 4) is 11.5 Å². The van der Waals surface area contributed by atoms with E-state index in [2.05, 4.69) is 5.48 Å². The molecule has 0 heterocycles. The maximum Gasteiger partial charge on any atom is 0.142 e. The highest BCUT2D eigenvalue weighted by Gasteiger charge is 2.14.